The van der Waals surface area contributed by atoms with E-state index in [1.807, 2.05) is 6.07 Å². The molecule has 0 aromatic heterocycles. The van der Waals surface area contributed by atoms with Crippen LogP contribution in [-0.4, -0.2) is 19.0 Å². The summed E-state index contributed by atoms with van der Waals surface area (Å²) in [5.74, 6) is -0.219. The van der Waals surface area contributed by atoms with Crippen molar-refractivity contribution >= 4 is 31.6 Å². The first kappa shape index (κ1) is 15.9. The molecule has 2 aromatic carbocycles. The monoisotopic (exact) mass is 366 g/mol. The van der Waals surface area contributed by atoms with Gasteiger partial charge in [-0.2, -0.15) is 0 Å². The third-order valence-electron chi connectivity index (χ3n) is 3.19. The van der Waals surface area contributed by atoms with Crippen LogP contribution < -0.4 is 0 Å². The average Bonchev–Trinajstić information content (AvgIpc) is 2.49. The molecular formula is C16H15BrO3S. The number of hydrogen-bond donors (Lipinski definition) is 0. The van der Waals surface area contributed by atoms with Crippen LogP contribution >= 0.6 is 15.9 Å². The van der Waals surface area contributed by atoms with Crippen LogP contribution in [0.5, 0.6) is 0 Å². The van der Waals surface area contributed by atoms with Gasteiger partial charge < -0.3 is 0 Å². The number of benzene rings is 2. The van der Waals surface area contributed by atoms with Crippen molar-refractivity contribution in [3.63, 3.8) is 0 Å². The smallest absolute Gasteiger partial charge is 0.186 e. The summed E-state index contributed by atoms with van der Waals surface area (Å²) in [6, 6.07) is 17.0. The fourth-order valence-corrected chi connectivity index (χ4v) is 5.13. The lowest BCUT2D eigenvalue weighted by Crippen LogP contribution is -2.27. The lowest BCUT2D eigenvalue weighted by molar-refractivity contribution is -0.116. The minimum Gasteiger partial charge on any atom is -0.299 e. The topological polar surface area (TPSA) is 51.2 Å². The van der Waals surface area contributed by atoms with Crippen molar-refractivity contribution in [3.8, 4) is 0 Å². The Bertz CT molecular complexity index is 712. The average molecular weight is 367 g/mol. The largest absolute Gasteiger partial charge is 0.299 e. The third kappa shape index (κ3) is 3.41. The number of sulfone groups is 1. The van der Waals surface area contributed by atoms with Gasteiger partial charge in [-0.25, -0.2) is 8.42 Å². The molecule has 0 aliphatic carbocycles. The van der Waals surface area contributed by atoms with Gasteiger partial charge in [0.2, 0.25) is 0 Å². The molecule has 0 radical (unpaired) electrons. The fraction of sp³-hybridized carbons (Fsp3) is 0.188. The van der Waals surface area contributed by atoms with Crippen LogP contribution in [0.4, 0.5) is 0 Å². The Morgan fingerprint density at radius 1 is 0.952 bits per heavy atom. The molecule has 0 saturated carbocycles. The second-order valence-electron chi connectivity index (χ2n) is 4.70. The zero-order valence-electron chi connectivity index (χ0n) is 11.4. The van der Waals surface area contributed by atoms with E-state index in [1.165, 1.54) is 6.92 Å². The quantitative estimate of drug-likeness (QED) is 0.760. The normalized spacial score (nSPS) is 14.4. The van der Waals surface area contributed by atoms with Gasteiger partial charge >= 0.3 is 0 Å². The first-order chi connectivity index (χ1) is 9.94. The van der Waals surface area contributed by atoms with Crippen LogP contribution in [0, 0.1) is 0 Å². The standard InChI is InChI=1S/C16H15BrO3S/c1-12(18)15(17)16(13-8-4-2-5-9-13)21(19,20)14-10-6-3-7-11-14/h2-11,15-16H,1H3. The maximum absolute atomic E-state index is 12.9. The minimum absolute atomic E-state index is 0.213. The molecule has 0 N–H and O–H groups in total. The fourth-order valence-electron chi connectivity index (χ4n) is 2.12. The zero-order chi connectivity index (χ0) is 15.5. The van der Waals surface area contributed by atoms with Crippen LogP contribution in [0.2, 0.25) is 0 Å². The molecule has 0 aliphatic heterocycles. The summed E-state index contributed by atoms with van der Waals surface area (Å²) >= 11 is 3.25. The molecule has 0 fully saturated rings. The number of rotatable bonds is 5. The third-order valence-corrected chi connectivity index (χ3v) is 6.85. The number of hydrogen-bond acceptors (Lipinski definition) is 3. The molecule has 0 aliphatic rings. The van der Waals surface area contributed by atoms with E-state index < -0.39 is 19.9 Å². The Hall–Kier alpha value is -1.46. The summed E-state index contributed by atoms with van der Waals surface area (Å²) in [7, 11) is -3.67. The van der Waals surface area contributed by atoms with Gasteiger partial charge in [0.15, 0.2) is 9.84 Å². The van der Waals surface area contributed by atoms with Crippen molar-refractivity contribution in [2.24, 2.45) is 0 Å². The Labute approximate surface area is 133 Å². The van der Waals surface area contributed by atoms with E-state index in [2.05, 4.69) is 15.9 Å². The van der Waals surface area contributed by atoms with Gasteiger partial charge in [-0.1, -0.05) is 64.5 Å². The molecule has 2 atom stereocenters. The van der Waals surface area contributed by atoms with Crippen LogP contribution in [0.1, 0.15) is 17.7 Å². The van der Waals surface area contributed by atoms with Crippen molar-refractivity contribution in [2.45, 2.75) is 21.9 Å². The van der Waals surface area contributed by atoms with Crippen LogP contribution in [-0.2, 0) is 14.6 Å². The molecule has 0 saturated heterocycles. The highest BCUT2D eigenvalue weighted by atomic mass is 79.9. The lowest BCUT2D eigenvalue weighted by Gasteiger charge is -2.21. The maximum Gasteiger partial charge on any atom is 0.186 e. The van der Waals surface area contributed by atoms with Gasteiger partial charge in [0.25, 0.3) is 0 Å². The summed E-state index contributed by atoms with van der Waals surface area (Å²) in [5, 5.41) is -0.946. The van der Waals surface area contributed by atoms with E-state index in [0.29, 0.717) is 5.56 Å². The van der Waals surface area contributed by atoms with E-state index in [1.54, 1.807) is 54.6 Å². The predicted octanol–water partition coefficient (Wildman–Crippen LogP) is 3.55. The molecule has 2 rings (SSSR count). The lowest BCUT2D eigenvalue weighted by atomic mass is 10.1. The summed E-state index contributed by atoms with van der Waals surface area (Å²) in [6.07, 6.45) is 0. The molecule has 0 amide bonds. The molecule has 0 heterocycles. The van der Waals surface area contributed by atoms with Gasteiger partial charge in [-0.3, -0.25) is 4.79 Å². The number of alkyl halides is 1. The SMILES string of the molecule is CC(=O)C(Br)C(c1ccccc1)S(=O)(=O)c1ccccc1. The number of ketones is 1. The Morgan fingerprint density at radius 2 is 1.43 bits per heavy atom. The van der Waals surface area contributed by atoms with Crippen LogP contribution in [0.25, 0.3) is 0 Å². The maximum atomic E-state index is 12.9. The Kier molecular flexibility index (Phi) is 4.96. The van der Waals surface area contributed by atoms with Gasteiger partial charge in [-0.05, 0) is 24.6 Å². The van der Waals surface area contributed by atoms with Crippen LogP contribution in [0.15, 0.2) is 65.6 Å². The van der Waals surface area contributed by atoms with E-state index in [4.69, 9.17) is 0 Å². The second kappa shape index (κ2) is 6.54. The summed E-state index contributed by atoms with van der Waals surface area (Å²) in [6.45, 7) is 1.38. The van der Waals surface area contributed by atoms with Crippen molar-refractivity contribution in [3.05, 3.63) is 66.2 Å². The Morgan fingerprint density at radius 3 is 1.90 bits per heavy atom. The van der Waals surface area contributed by atoms with E-state index in [9.17, 15) is 13.2 Å². The molecule has 2 unspecified atom stereocenters. The van der Waals surface area contributed by atoms with E-state index >= 15 is 0 Å². The highest BCUT2D eigenvalue weighted by molar-refractivity contribution is 9.10. The van der Waals surface area contributed by atoms with Crippen molar-refractivity contribution in [1.29, 1.82) is 0 Å². The highest BCUT2D eigenvalue weighted by Crippen LogP contribution is 2.35. The van der Waals surface area contributed by atoms with E-state index in [-0.39, 0.29) is 10.7 Å². The number of carbonyl (C=O) groups is 1. The molecule has 2 aromatic rings. The first-order valence-corrected chi connectivity index (χ1v) is 8.89. The van der Waals surface area contributed by atoms with Crippen molar-refractivity contribution in [2.75, 3.05) is 0 Å². The van der Waals surface area contributed by atoms with Crippen molar-refractivity contribution < 1.29 is 13.2 Å². The minimum atomic E-state index is -3.67. The number of halogens is 1. The van der Waals surface area contributed by atoms with Crippen molar-refractivity contribution in [1.82, 2.24) is 0 Å². The molecule has 110 valence electrons. The summed E-state index contributed by atoms with van der Waals surface area (Å²) in [5.41, 5.74) is 0.596. The van der Waals surface area contributed by atoms with E-state index in [0.717, 1.165) is 0 Å². The summed E-state index contributed by atoms with van der Waals surface area (Å²) in [4.78, 5) is 11.2. The van der Waals surface area contributed by atoms with Crippen LogP contribution in [0.3, 0.4) is 0 Å². The van der Waals surface area contributed by atoms with Gasteiger partial charge in [0.1, 0.15) is 11.0 Å². The van der Waals surface area contributed by atoms with Gasteiger partial charge in [0, 0.05) is 0 Å². The summed E-state index contributed by atoms with van der Waals surface area (Å²) < 4.78 is 25.8. The number of Topliss-reactive ketones (excluding diaryl/α,β-unsaturated/α-hetero) is 1. The molecule has 5 heteroatoms. The molecule has 21 heavy (non-hydrogen) atoms. The molecule has 0 spiro atoms. The number of carbonyl (C=O) groups excluding carboxylic acids is 1. The molecule has 0 bridgehead atoms. The highest BCUT2D eigenvalue weighted by Gasteiger charge is 2.37. The zero-order valence-corrected chi connectivity index (χ0v) is 13.8. The Balaban J connectivity index is 2.58. The van der Waals surface area contributed by atoms with Gasteiger partial charge in [0.05, 0.1) is 9.72 Å². The second-order valence-corrected chi connectivity index (χ2v) is 7.76. The predicted molar refractivity (Wildman–Crippen MR) is 86.2 cm³/mol. The first-order valence-electron chi connectivity index (χ1n) is 6.43. The molecular weight excluding hydrogens is 352 g/mol. The van der Waals surface area contributed by atoms with Gasteiger partial charge in [-0.15, -0.1) is 0 Å². The molecule has 3 nitrogen and oxygen atoms in total.